The summed E-state index contributed by atoms with van der Waals surface area (Å²) in [5.41, 5.74) is 0.825. The molecule has 0 saturated heterocycles. The van der Waals surface area contributed by atoms with E-state index in [2.05, 4.69) is 0 Å². The van der Waals surface area contributed by atoms with Crippen molar-refractivity contribution in [3.8, 4) is 11.5 Å². The number of aliphatic hydroxyl groups is 1. The van der Waals surface area contributed by atoms with Crippen LogP contribution in [0.25, 0.3) is 0 Å². The Labute approximate surface area is 117 Å². The van der Waals surface area contributed by atoms with Crippen molar-refractivity contribution in [3.63, 3.8) is 0 Å². The highest BCUT2D eigenvalue weighted by Gasteiger charge is 2.15. The van der Waals surface area contributed by atoms with Gasteiger partial charge in [0.05, 0.1) is 25.7 Å². The third-order valence-corrected chi connectivity index (χ3v) is 3.87. The Morgan fingerprint density at radius 1 is 1.00 bits per heavy atom. The summed E-state index contributed by atoms with van der Waals surface area (Å²) in [7, 11) is 3.21. The summed E-state index contributed by atoms with van der Waals surface area (Å²) in [6, 6.07) is 13.6. The van der Waals surface area contributed by atoms with Crippen LogP contribution in [0.15, 0.2) is 52.3 Å². The number of hydrogen-bond donors (Lipinski definition) is 1. The van der Waals surface area contributed by atoms with E-state index in [4.69, 9.17) is 9.47 Å². The zero-order valence-corrected chi connectivity index (χ0v) is 11.7. The van der Waals surface area contributed by atoms with Crippen LogP contribution in [0.5, 0.6) is 11.5 Å². The van der Waals surface area contributed by atoms with Gasteiger partial charge < -0.3 is 14.6 Å². The molecule has 0 saturated carbocycles. The Balaban J connectivity index is 2.46. The monoisotopic (exact) mass is 276 g/mol. The average molecular weight is 276 g/mol. The van der Waals surface area contributed by atoms with E-state index in [0.717, 1.165) is 15.4 Å². The van der Waals surface area contributed by atoms with Gasteiger partial charge in [-0.2, -0.15) is 0 Å². The molecular weight excluding hydrogens is 260 g/mol. The minimum atomic E-state index is -0.0322. The molecule has 2 aromatic carbocycles. The molecule has 19 heavy (non-hydrogen) atoms. The Kier molecular flexibility index (Phi) is 4.71. The lowest BCUT2D eigenvalue weighted by atomic mass is 10.2. The first-order chi connectivity index (χ1) is 9.30. The van der Waals surface area contributed by atoms with Crippen molar-refractivity contribution < 1.29 is 14.6 Å². The van der Waals surface area contributed by atoms with Crippen molar-refractivity contribution in [1.29, 1.82) is 0 Å². The molecule has 0 atom stereocenters. The molecule has 100 valence electrons. The highest BCUT2D eigenvalue weighted by molar-refractivity contribution is 7.99. The predicted octanol–water partition coefficient (Wildman–Crippen LogP) is 3.35. The van der Waals surface area contributed by atoms with Gasteiger partial charge in [0, 0.05) is 4.90 Å². The lowest BCUT2D eigenvalue weighted by molar-refractivity contribution is 0.275. The van der Waals surface area contributed by atoms with Gasteiger partial charge in [0.15, 0.2) is 11.5 Å². The maximum atomic E-state index is 9.47. The van der Waals surface area contributed by atoms with Crippen LogP contribution in [0.1, 0.15) is 5.56 Å². The Morgan fingerprint density at radius 3 is 2.32 bits per heavy atom. The molecule has 2 rings (SSSR count). The summed E-state index contributed by atoms with van der Waals surface area (Å²) in [4.78, 5) is 1.97. The van der Waals surface area contributed by atoms with Gasteiger partial charge in [0.25, 0.3) is 0 Å². The minimum Gasteiger partial charge on any atom is -0.493 e. The zero-order chi connectivity index (χ0) is 13.7. The summed E-state index contributed by atoms with van der Waals surface area (Å²) in [5, 5.41) is 9.47. The van der Waals surface area contributed by atoms with Gasteiger partial charge in [-0.3, -0.25) is 0 Å². The van der Waals surface area contributed by atoms with Crippen molar-refractivity contribution >= 4 is 11.8 Å². The molecule has 0 amide bonds. The molecule has 1 N–H and O–H groups in total. The first kappa shape index (κ1) is 13.8. The first-order valence-corrected chi connectivity index (χ1v) is 6.69. The van der Waals surface area contributed by atoms with E-state index in [1.165, 1.54) is 0 Å². The van der Waals surface area contributed by atoms with Crippen LogP contribution >= 0.6 is 11.8 Å². The second-order valence-corrected chi connectivity index (χ2v) is 4.95. The summed E-state index contributed by atoms with van der Waals surface area (Å²) in [5.74, 6) is 1.32. The highest BCUT2D eigenvalue weighted by atomic mass is 32.2. The fourth-order valence-electron chi connectivity index (χ4n) is 1.78. The SMILES string of the molecule is COc1ccc(CO)c(Sc2ccccc2)c1OC. The second-order valence-electron chi connectivity index (χ2n) is 3.86. The largest absolute Gasteiger partial charge is 0.493 e. The number of rotatable bonds is 5. The van der Waals surface area contributed by atoms with Crippen LogP contribution in [-0.4, -0.2) is 19.3 Å². The summed E-state index contributed by atoms with van der Waals surface area (Å²) in [6.07, 6.45) is 0. The summed E-state index contributed by atoms with van der Waals surface area (Å²) in [6.45, 7) is -0.0322. The number of hydrogen-bond acceptors (Lipinski definition) is 4. The normalized spacial score (nSPS) is 10.3. The van der Waals surface area contributed by atoms with Gasteiger partial charge in [0.2, 0.25) is 0 Å². The molecule has 0 radical (unpaired) electrons. The lowest BCUT2D eigenvalue weighted by Gasteiger charge is -2.15. The molecule has 3 nitrogen and oxygen atoms in total. The van der Waals surface area contributed by atoms with E-state index >= 15 is 0 Å². The van der Waals surface area contributed by atoms with Gasteiger partial charge >= 0.3 is 0 Å². The van der Waals surface area contributed by atoms with Gasteiger partial charge in [-0.15, -0.1) is 0 Å². The van der Waals surface area contributed by atoms with Gasteiger partial charge in [-0.1, -0.05) is 36.0 Å². The van der Waals surface area contributed by atoms with Crippen molar-refractivity contribution in [2.24, 2.45) is 0 Å². The van der Waals surface area contributed by atoms with E-state index in [9.17, 15) is 5.11 Å². The third-order valence-electron chi connectivity index (χ3n) is 2.72. The van der Waals surface area contributed by atoms with Gasteiger partial charge in [0.1, 0.15) is 0 Å². The van der Waals surface area contributed by atoms with E-state index in [1.807, 2.05) is 36.4 Å². The maximum absolute atomic E-state index is 9.47. The molecule has 4 heteroatoms. The van der Waals surface area contributed by atoms with Crippen LogP contribution < -0.4 is 9.47 Å². The molecule has 0 aliphatic heterocycles. The van der Waals surface area contributed by atoms with E-state index in [1.54, 1.807) is 32.0 Å². The third kappa shape index (κ3) is 3.03. The van der Waals surface area contributed by atoms with Crippen molar-refractivity contribution in [1.82, 2.24) is 0 Å². The van der Waals surface area contributed by atoms with E-state index in [-0.39, 0.29) is 6.61 Å². The second kappa shape index (κ2) is 6.50. The van der Waals surface area contributed by atoms with Crippen molar-refractivity contribution in [3.05, 3.63) is 48.0 Å². The molecule has 0 fully saturated rings. The molecule has 0 aromatic heterocycles. The molecule has 0 heterocycles. The van der Waals surface area contributed by atoms with Crippen LogP contribution in [0.4, 0.5) is 0 Å². The molecule has 0 unspecified atom stereocenters. The molecule has 0 spiro atoms. The van der Waals surface area contributed by atoms with E-state index < -0.39 is 0 Å². The smallest absolute Gasteiger partial charge is 0.175 e. The molecule has 2 aromatic rings. The van der Waals surface area contributed by atoms with E-state index in [0.29, 0.717) is 11.5 Å². The number of methoxy groups -OCH3 is 2. The number of benzene rings is 2. The van der Waals surface area contributed by atoms with Crippen LogP contribution in [0.3, 0.4) is 0 Å². The van der Waals surface area contributed by atoms with Crippen LogP contribution in [0.2, 0.25) is 0 Å². The first-order valence-electron chi connectivity index (χ1n) is 5.87. The highest BCUT2D eigenvalue weighted by Crippen LogP contribution is 2.43. The standard InChI is InChI=1S/C15H16O3S/c1-17-13-9-8-11(10-16)15(14(13)18-2)19-12-6-4-3-5-7-12/h3-9,16H,10H2,1-2H3. The molecular formula is C15H16O3S. The van der Waals surface area contributed by atoms with Gasteiger partial charge in [-0.25, -0.2) is 0 Å². The minimum absolute atomic E-state index is 0.0322. The quantitative estimate of drug-likeness (QED) is 0.909. The fraction of sp³-hybridized carbons (Fsp3) is 0.200. The molecule has 0 aliphatic carbocycles. The summed E-state index contributed by atoms with van der Waals surface area (Å²) < 4.78 is 10.7. The molecule has 0 bridgehead atoms. The fourth-order valence-corrected chi connectivity index (χ4v) is 2.85. The summed E-state index contributed by atoms with van der Waals surface area (Å²) >= 11 is 1.55. The Hall–Kier alpha value is -1.65. The molecule has 0 aliphatic rings. The number of ether oxygens (including phenoxy) is 2. The van der Waals surface area contributed by atoms with Gasteiger partial charge in [-0.05, 0) is 23.8 Å². The number of aliphatic hydroxyl groups excluding tert-OH is 1. The van der Waals surface area contributed by atoms with Crippen LogP contribution in [-0.2, 0) is 6.61 Å². The maximum Gasteiger partial charge on any atom is 0.175 e. The lowest BCUT2D eigenvalue weighted by Crippen LogP contribution is -1.96. The predicted molar refractivity (Wildman–Crippen MR) is 76.0 cm³/mol. The van der Waals surface area contributed by atoms with Crippen molar-refractivity contribution in [2.45, 2.75) is 16.4 Å². The van der Waals surface area contributed by atoms with Crippen LogP contribution in [0, 0.1) is 0 Å². The Bertz CT molecular complexity index is 541. The Morgan fingerprint density at radius 2 is 1.74 bits per heavy atom. The topological polar surface area (TPSA) is 38.7 Å². The van der Waals surface area contributed by atoms with Crippen molar-refractivity contribution in [2.75, 3.05) is 14.2 Å². The zero-order valence-electron chi connectivity index (χ0n) is 10.9. The average Bonchev–Trinajstić information content (AvgIpc) is 2.47.